The second kappa shape index (κ2) is 58.1. The van der Waals surface area contributed by atoms with E-state index < -0.39 is 24.3 Å². The molecule has 0 radical (unpaired) electrons. The minimum absolute atomic E-state index is 0.179. The molecular weight excluding hydrogens is 959 g/mol. The smallest absolute Gasteiger partial charge is 0.361 e. The summed E-state index contributed by atoms with van der Waals surface area (Å²) in [6.07, 6.45) is 77.4. The highest BCUT2D eigenvalue weighted by atomic mass is 16.7. The van der Waals surface area contributed by atoms with Crippen molar-refractivity contribution in [2.75, 3.05) is 47.5 Å². The Morgan fingerprint density at radius 2 is 0.740 bits per heavy atom. The summed E-state index contributed by atoms with van der Waals surface area (Å²) in [5.74, 6) is -2.03. The molecule has 0 aromatic carbocycles. The van der Waals surface area contributed by atoms with Crippen LogP contribution in [0.5, 0.6) is 0 Å². The second-order valence-corrected chi connectivity index (χ2v) is 21.6. The van der Waals surface area contributed by atoms with E-state index in [1.54, 1.807) is 0 Å². The summed E-state index contributed by atoms with van der Waals surface area (Å²) in [6, 6.07) is 0. The van der Waals surface area contributed by atoms with E-state index in [2.05, 4.69) is 123 Å². The number of unbranched alkanes of at least 4 members (excludes halogenated alkanes) is 23. The van der Waals surface area contributed by atoms with Gasteiger partial charge in [-0.3, -0.25) is 9.59 Å². The Labute approximate surface area is 473 Å². The number of aliphatic carboxylic acids is 1. The first-order valence-corrected chi connectivity index (χ1v) is 31.1. The molecule has 2 unspecified atom stereocenters. The number of rotatable bonds is 56. The Bertz CT molecular complexity index is 1630. The average molecular weight is 1080 g/mol. The van der Waals surface area contributed by atoms with Crippen LogP contribution in [0.25, 0.3) is 0 Å². The second-order valence-electron chi connectivity index (χ2n) is 21.6. The Balaban J connectivity index is 4.27. The molecule has 0 fully saturated rings. The van der Waals surface area contributed by atoms with Crippen molar-refractivity contribution in [2.45, 2.75) is 257 Å². The van der Waals surface area contributed by atoms with Crippen LogP contribution < -0.4 is 0 Å². The number of carboxylic acids is 1. The summed E-state index contributed by atoms with van der Waals surface area (Å²) < 4.78 is 22.9. The lowest BCUT2D eigenvalue weighted by Crippen LogP contribution is -2.40. The standard InChI is InChI=1S/C68H115NO8/c1-6-8-10-12-14-16-18-20-22-24-26-28-30-32-33-35-36-38-40-42-44-46-48-50-52-54-56-58-65(70)75-62-64(63-76-68(67(72)73)74-61-60-69(3,4)5)77-66(71)59-57-55-53-51-49-47-45-43-41-39-37-34-31-29-27-25-23-21-19-17-15-13-11-9-7-2/h9,11,15,17-18,20-21,23-24,26-27,29-30,32,34,37,41,43,64,68H,6-8,10,12-14,16,19,22,25,28,31,33,35-36,38-40,42,44-63H2,1-5H3/p+1/b11-9-,17-15-,20-18-,23-21-,26-24-,29-27-,32-30-,37-34-,43-41-. The van der Waals surface area contributed by atoms with E-state index in [0.29, 0.717) is 23.9 Å². The van der Waals surface area contributed by atoms with Crippen molar-refractivity contribution in [3.8, 4) is 0 Å². The Morgan fingerprint density at radius 1 is 0.403 bits per heavy atom. The van der Waals surface area contributed by atoms with Crippen LogP contribution in [0.15, 0.2) is 109 Å². The number of esters is 2. The van der Waals surface area contributed by atoms with Gasteiger partial charge in [0.05, 0.1) is 34.4 Å². The quantitative estimate of drug-likeness (QED) is 0.0211. The molecule has 0 saturated carbocycles. The zero-order valence-corrected chi connectivity index (χ0v) is 50.1. The van der Waals surface area contributed by atoms with Gasteiger partial charge in [0.25, 0.3) is 6.29 Å². The van der Waals surface area contributed by atoms with Crippen LogP contribution in [0.4, 0.5) is 0 Å². The van der Waals surface area contributed by atoms with E-state index in [1.807, 2.05) is 21.1 Å². The van der Waals surface area contributed by atoms with Gasteiger partial charge < -0.3 is 28.5 Å². The van der Waals surface area contributed by atoms with Gasteiger partial charge in [-0.05, 0) is 103 Å². The molecule has 9 nitrogen and oxygen atoms in total. The number of carbonyl (C=O) groups excluding carboxylic acids is 2. The number of hydrogen-bond acceptors (Lipinski definition) is 7. The van der Waals surface area contributed by atoms with Crippen LogP contribution in [0.2, 0.25) is 0 Å². The summed E-state index contributed by atoms with van der Waals surface area (Å²) in [4.78, 5) is 37.5. The molecule has 0 spiro atoms. The maximum absolute atomic E-state index is 12.9. The fourth-order valence-corrected chi connectivity index (χ4v) is 8.26. The highest BCUT2D eigenvalue weighted by Crippen LogP contribution is 2.15. The number of hydrogen-bond donors (Lipinski definition) is 1. The van der Waals surface area contributed by atoms with Crippen molar-refractivity contribution >= 4 is 17.9 Å². The topological polar surface area (TPSA) is 108 Å². The molecule has 0 aliphatic rings. The molecule has 0 aliphatic carbocycles. The molecule has 77 heavy (non-hydrogen) atoms. The van der Waals surface area contributed by atoms with Crippen LogP contribution in [-0.2, 0) is 33.3 Å². The van der Waals surface area contributed by atoms with Crippen molar-refractivity contribution in [1.29, 1.82) is 0 Å². The number of carboxylic acid groups (broad SMARTS) is 1. The Hall–Kier alpha value is -4.05. The summed E-state index contributed by atoms with van der Waals surface area (Å²) in [5, 5.41) is 9.72. The van der Waals surface area contributed by atoms with Crippen molar-refractivity contribution in [1.82, 2.24) is 0 Å². The summed E-state index contributed by atoms with van der Waals surface area (Å²) in [7, 11) is 5.96. The van der Waals surface area contributed by atoms with Gasteiger partial charge in [-0.15, -0.1) is 0 Å². The maximum atomic E-state index is 12.9. The third-order valence-electron chi connectivity index (χ3n) is 13.0. The lowest BCUT2D eigenvalue weighted by molar-refractivity contribution is -0.870. The SMILES string of the molecule is CC/C=C\C/C=C\C/C=C\C/C=C\C/C=C\C/C=C\CCCCCCCCC(=O)OC(COC(=O)CCCCCCCCCCCCCC/C=C\C/C=C\C/C=C\CCCCCCC)COC(OCC[N+](C)(C)C)C(=O)O. The van der Waals surface area contributed by atoms with E-state index >= 15 is 0 Å². The number of quaternary nitrogens is 1. The molecule has 0 heterocycles. The molecule has 0 aromatic rings. The molecule has 1 N–H and O–H groups in total. The van der Waals surface area contributed by atoms with E-state index in [4.69, 9.17) is 18.9 Å². The fourth-order valence-electron chi connectivity index (χ4n) is 8.26. The zero-order chi connectivity index (χ0) is 56.2. The number of carbonyl (C=O) groups is 3. The molecule has 0 bridgehead atoms. The van der Waals surface area contributed by atoms with Crippen LogP contribution in [0.3, 0.4) is 0 Å². The van der Waals surface area contributed by atoms with E-state index in [0.717, 1.165) is 109 Å². The molecule has 0 amide bonds. The molecule has 9 heteroatoms. The third-order valence-corrected chi connectivity index (χ3v) is 13.0. The van der Waals surface area contributed by atoms with Gasteiger partial charge in [-0.25, -0.2) is 4.79 Å². The zero-order valence-electron chi connectivity index (χ0n) is 50.1. The highest BCUT2D eigenvalue weighted by molar-refractivity contribution is 5.71. The van der Waals surface area contributed by atoms with Gasteiger partial charge >= 0.3 is 17.9 Å². The van der Waals surface area contributed by atoms with E-state index in [-0.39, 0.29) is 32.2 Å². The largest absolute Gasteiger partial charge is 0.477 e. The van der Waals surface area contributed by atoms with Gasteiger partial charge in [-0.1, -0.05) is 239 Å². The fraction of sp³-hybridized carbons (Fsp3) is 0.691. The molecule has 0 rings (SSSR count). The summed E-state index contributed by atoms with van der Waals surface area (Å²) in [5.41, 5.74) is 0. The van der Waals surface area contributed by atoms with Crippen LogP contribution >= 0.6 is 0 Å². The number of ether oxygens (including phenoxy) is 4. The molecule has 0 aliphatic heterocycles. The maximum Gasteiger partial charge on any atom is 0.361 e. The van der Waals surface area contributed by atoms with E-state index in [9.17, 15) is 19.5 Å². The van der Waals surface area contributed by atoms with Crippen molar-refractivity contribution in [3.63, 3.8) is 0 Å². The normalized spacial score (nSPS) is 13.5. The van der Waals surface area contributed by atoms with Crippen molar-refractivity contribution in [2.24, 2.45) is 0 Å². The Kier molecular flexibility index (Phi) is 55.1. The lowest BCUT2D eigenvalue weighted by atomic mass is 10.0. The predicted molar refractivity (Wildman–Crippen MR) is 327 cm³/mol. The van der Waals surface area contributed by atoms with Gasteiger partial charge in [0.15, 0.2) is 6.10 Å². The first-order valence-electron chi connectivity index (χ1n) is 31.1. The summed E-state index contributed by atoms with van der Waals surface area (Å²) >= 11 is 0. The first kappa shape index (κ1) is 73.0. The number of nitrogens with zero attached hydrogens (tertiary/aromatic N) is 1. The summed E-state index contributed by atoms with van der Waals surface area (Å²) in [6.45, 7) is 4.73. The highest BCUT2D eigenvalue weighted by Gasteiger charge is 2.25. The minimum Gasteiger partial charge on any atom is -0.477 e. The van der Waals surface area contributed by atoms with Gasteiger partial charge in [0.1, 0.15) is 13.2 Å². The molecule has 0 aromatic heterocycles. The number of allylic oxidation sites excluding steroid dienone is 18. The van der Waals surface area contributed by atoms with Gasteiger partial charge in [0, 0.05) is 12.8 Å². The van der Waals surface area contributed by atoms with Gasteiger partial charge in [-0.2, -0.15) is 0 Å². The molecular formula is C68H116NO8+. The van der Waals surface area contributed by atoms with Crippen LogP contribution in [-0.4, -0.2) is 87.4 Å². The van der Waals surface area contributed by atoms with Crippen molar-refractivity contribution in [3.05, 3.63) is 109 Å². The third kappa shape index (κ3) is 59.5. The van der Waals surface area contributed by atoms with Gasteiger partial charge in [0.2, 0.25) is 0 Å². The molecule has 440 valence electrons. The van der Waals surface area contributed by atoms with Crippen LogP contribution in [0, 0.1) is 0 Å². The predicted octanol–water partition coefficient (Wildman–Crippen LogP) is 18.7. The first-order chi connectivity index (χ1) is 37.6. The number of likely N-dealkylation sites (N-methyl/N-ethyl adjacent to an activating group) is 1. The van der Waals surface area contributed by atoms with E-state index in [1.165, 1.54) is 103 Å². The lowest BCUT2D eigenvalue weighted by Gasteiger charge is -2.25. The molecule has 2 atom stereocenters. The average Bonchev–Trinajstić information content (AvgIpc) is 3.40. The van der Waals surface area contributed by atoms with Crippen molar-refractivity contribution < 1.29 is 42.9 Å². The molecule has 0 saturated heterocycles. The minimum atomic E-state index is -1.52. The monoisotopic (exact) mass is 1070 g/mol. The Morgan fingerprint density at radius 3 is 1.10 bits per heavy atom. The van der Waals surface area contributed by atoms with Crippen LogP contribution in [0.1, 0.15) is 245 Å².